The van der Waals surface area contributed by atoms with E-state index >= 15 is 0 Å². The number of carbonyl (C=O) groups is 1. The molecule has 54 heavy (non-hydrogen) atoms. The van der Waals surface area contributed by atoms with Gasteiger partial charge < -0.3 is 18.9 Å². The molecule has 8 nitrogen and oxygen atoms in total. The number of allylic oxidation sites excluding steroid dienone is 8. The maximum absolute atomic E-state index is 12.7. The van der Waals surface area contributed by atoms with Crippen molar-refractivity contribution in [3.63, 3.8) is 0 Å². The van der Waals surface area contributed by atoms with E-state index in [1.54, 1.807) is 0 Å². The molecule has 2 atom stereocenters. The molecule has 0 rings (SSSR count). The number of phosphoric ester groups is 1. The smallest absolute Gasteiger partial charge is 0.457 e. The third-order valence-electron chi connectivity index (χ3n) is 9.12. The molecule has 9 heteroatoms. The monoisotopic (exact) mass is 783 g/mol. The van der Waals surface area contributed by atoms with Crippen LogP contribution in [0, 0.1) is 0 Å². The SMILES string of the molecule is CC/C=C\C/C=C\C/C=C\CCCCCCCCOCC(COP(=O)(O)OCC[N+](C)(C)C)OC(=O)CCCCCCC/C=C\CCCCCCCCC. The van der Waals surface area contributed by atoms with E-state index < -0.39 is 13.9 Å². The minimum atomic E-state index is -4.28. The number of likely N-dealkylation sites (N-methyl/N-ethyl adjacent to an activating group) is 1. The van der Waals surface area contributed by atoms with Gasteiger partial charge in [-0.25, -0.2) is 4.57 Å². The maximum Gasteiger partial charge on any atom is 0.472 e. The molecule has 0 bridgehead atoms. The lowest BCUT2D eigenvalue weighted by atomic mass is 10.1. The van der Waals surface area contributed by atoms with Gasteiger partial charge in [0.1, 0.15) is 19.3 Å². The Morgan fingerprint density at radius 1 is 0.593 bits per heavy atom. The molecule has 0 aliphatic heterocycles. The van der Waals surface area contributed by atoms with Crippen molar-refractivity contribution in [2.75, 3.05) is 54.1 Å². The van der Waals surface area contributed by atoms with Crippen molar-refractivity contribution >= 4 is 13.8 Å². The van der Waals surface area contributed by atoms with Gasteiger partial charge in [-0.3, -0.25) is 13.8 Å². The summed E-state index contributed by atoms with van der Waals surface area (Å²) in [5.74, 6) is -0.328. The van der Waals surface area contributed by atoms with Crippen LogP contribution in [0.2, 0.25) is 0 Å². The van der Waals surface area contributed by atoms with Gasteiger partial charge in [0.15, 0.2) is 0 Å². The van der Waals surface area contributed by atoms with E-state index in [-0.39, 0.29) is 25.8 Å². The van der Waals surface area contributed by atoms with E-state index in [9.17, 15) is 14.3 Å². The number of esters is 1. The number of hydrogen-bond donors (Lipinski definition) is 1. The molecule has 0 aromatic heterocycles. The number of quaternary nitrogens is 1. The first kappa shape index (κ1) is 52.5. The molecule has 2 unspecified atom stereocenters. The molecule has 1 N–H and O–H groups in total. The summed E-state index contributed by atoms with van der Waals surface area (Å²) < 4.78 is 35.0. The Hall–Kier alpha value is -1.54. The van der Waals surface area contributed by atoms with E-state index in [1.165, 1.54) is 77.0 Å². The Labute approximate surface area is 333 Å². The van der Waals surface area contributed by atoms with E-state index in [2.05, 4.69) is 62.5 Å². The molecule has 0 aliphatic carbocycles. The zero-order valence-electron chi connectivity index (χ0n) is 35.7. The van der Waals surface area contributed by atoms with Gasteiger partial charge in [-0.1, -0.05) is 146 Å². The van der Waals surface area contributed by atoms with Crippen molar-refractivity contribution in [2.45, 2.75) is 180 Å². The second kappa shape index (κ2) is 38.3. The van der Waals surface area contributed by atoms with E-state index in [4.69, 9.17) is 18.5 Å². The van der Waals surface area contributed by atoms with Gasteiger partial charge in [-0.2, -0.15) is 0 Å². The third kappa shape index (κ3) is 41.6. The van der Waals surface area contributed by atoms with Crippen LogP contribution in [0.4, 0.5) is 0 Å². The Morgan fingerprint density at radius 2 is 1.07 bits per heavy atom. The zero-order valence-corrected chi connectivity index (χ0v) is 36.6. The molecule has 0 aromatic carbocycles. The van der Waals surface area contributed by atoms with Crippen LogP contribution >= 0.6 is 7.82 Å². The van der Waals surface area contributed by atoms with Crippen LogP contribution in [-0.2, 0) is 27.9 Å². The van der Waals surface area contributed by atoms with Crippen molar-refractivity contribution in [3.05, 3.63) is 48.6 Å². The molecule has 316 valence electrons. The number of phosphoric acid groups is 1. The highest BCUT2D eigenvalue weighted by Crippen LogP contribution is 2.43. The standard InChI is InChI=1S/C45H84NO7P/c1-6-8-10-12-14-16-18-20-22-24-26-28-30-32-34-36-38-45(47)53-44(43-52-54(48,49)51-41-39-46(3,4)5)42-50-40-37-35-33-31-29-27-25-23-21-19-17-15-13-11-9-7-2/h9,11,15,17,21-24,44H,6-8,10,12-14,16,18-20,25-43H2,1-5H3/p+1/b11-9-,17-15-,23-21-,24-22-. The predicted octanol–water partition coefficient (Wildman–Crippen LogP) is 12.8. The van der Waals surface area contributed by atoms with Crippen LogP contribution in [0.15, 0.2) is 48.6 Å². The number of nitrogens with zero attached hydrogens (tertiary/aromatic N) is 1. The number of carbonyl (C=O) groups excluding carboxylic acids is 1. The summed E-state index contributed by atoms with van der Waals surface area (Å²) in [6.07, 6.45) is 45.7. The van der Waals surface area contributed by atoms with E-state index in [0.29, 0.717) is 24.1 Å². The average Bonchev–Trinajstić information content (AvgIpc) is 3.12. The van der Waals surface area contributed by atoms with Crippen molar-refractivity contribution < 1.29 is 37.3 Å². The normalized spacial score (nSPS) is 14.3. The first-order chi connectivity index (χ1) is 26.1. The molecule has 0 saturated carbocycles. The predicted molar refractivity (Wildman–Crippen MR) is 229 cm³/mol. The minimum absolute atomic E-state index is 0.0828. The molecule has 0 aliphatic rings. The lowest BCUT2D eigenvalue weighted by molar-refractivity contribution is -0.870. The summed E-state index contributed by atoms with van der Waals surface area (Å²) in [5, 5.41) is 0. The quantitative estimate of drug-likeness (QED) is 0.0218. The average molecular weight is 783 g/mol. The van der Waals surface area contributed by atoms with Gasteiger partial charge in [0.2, 0.25) is 0 Å². The van der Waals surface area contributed by atoms with Gasteiger partial charge in [0, 0.05) is 13.0 Å². The van der Waals surface area contributed by atoms with Crippen LogP contribution in [-0.4, -0.2) is 75.6 Å². The Balaban J connectivity index is 4.28. The van der Waals surface area contributed by atoms with Crippen LogP contribution in [0.3, 0.4) is 0 Å². The van der Waals surface area contributed by atoms with Crippen LogP contribution in [0.1, 0.15) is 174 Å². The molecule has 0 saturated heterocycles. The van der Waals surface area contributed by atoms with Gasteiger partial charge in [0.25, 0.3) is 0 Å². The largest absolute Gasteiger partial charge is 0.472 e. The maximum atomic E-state index is 12.7. The van der Waals surface area contributed by atoms with E-state index in [0.717, 1.165) is 77.0 Å². The highest BCUT2D eigenvalue weighted by Gasteiger charge is 2.26. The fourth-order valence-corrected chi connectivity index (χ4v) is 6.48. The summed E-state index contributed by atoms with van der Waals surface area (Å²) in [6.45, 7) is 5.47. The lowest BCUT2D eigenvalue weighted by Crippen LogP contribution is -2.37. The lowest BCUT2D eigenvalue weighted by Gasteiger charge is -2.24. The van der Waals surface area contributed by atoms with Gasteiger partial charge >= 0.3 is 13.8 Å². The number of unbranched alkanes of at least 4 members (excludes halogenated alkanes) is 18. The summed E-state index contributed by atoms with van der Waals surface area (Å²) in [7, 11) is 1.65. The van der Waals surface area contributed by atoms with E-state index in [1.807, 2.05) is 21.1 Å². The molecule has 0 heterocycles. The molecule has 0 amide bonds. The summed E-state index contributed by atoms with van der Waals surface area (Å²) in [6, 6.07) is 0. The fourth-order valence-electron chi connectivity index (χ4n) is 5.74. The van der Waals surface area contributed by atoms with Gasteiger partial charge in [-0.15, -0.1) is 0 Å². The van der Waals surface area contributed by atoms with Gasteiger partial charge in [-0.05, 0) is 70.6 Å². The van der Waals surface area contributed by atoms with Crippen molar-refractivity contribution in [3.8, 4) is 0 Å². The zero-order chi connectivity index (χ0) is 39.9. The number of ether oxygens (including phenoxy) is 2. The van der Waals surface area contributed by atoms with Crippen LogP contribution in [0.25, 0.3) is 0 Å². The van der Waals surface area contributed by atoms with Crippen molar-refractivity contribution in [1.82, 2.24) is 0 Å². The van der Waals surface area contributed by atoms with Crippen LogP contribution < -0.4 is 0 Å². The van der Waals surface area contributed by atoms with Gasteiger partial charge in [0.05, 0.1) is 34.4 Å². The Morgan fingerprint density at radius 3 is 1.63 bits per heavy atom. The fraction of sp³-hybridized carbons (Fsp3) is 0.800. The summed E-state index contributed by atoms with van der Waals surface area (Å²) >= 11 is 0. The molecular formula is C45H85NO7P+. The topological polar surface area (TPSA) is 91.3 Å². The molecule has 0 spiro atoms. The Bertz CT molecular complexity index is 1000. The van der Waals surface area contributed by atoms with Crippen molar-refractivity contribution in [1.29, 1.82) is 0 Å². The third-order valence-corrected chi connectivity index (χ3v) is 10.1. The molecule has 0 radical (unpaired) electrons. The molecular weight excluding hydrogens is 697 g/mol. The second-order valence-corrected chi connectivity index (χ2v) is 17.1. The second-order valence-electron chi connectivity index (χ2n) is 15.7. The highest BCUT2D eigenvalue weighted by molar-refractivity contribution is 7.47. The number of rotatable bonds is 40. The molecule has 0 aromatic rings. The summed E-state index contributed by atoms with van der Waals surface area (Å²) in [5.41, 5.74) is 0. The van der Waals surface area contributed by atoms with Crippen molar-refractivity contribution in [2.24, 2.45) is 0 Å². The minimum Gasteiger partial charge on any atom is -0.457 e. The number of hydrogen-bond acceptors (Lipinski definition) is 6. The molecule has 0 fully saturated rings. The highest BCUT2D eigenvalue weighted by atomic mass is 31.2. The Kier molecular flexibility index (Phi) is 37.2. The van der Waals surface area contributed by atoms with Crippen LogP contribution in [0.5, 0.6) is 0 Å². The first-order valence-corrected chi connectivity index (χ1v) is 23.4. The summed E-state index contributed by atoms with van der Waals surface area (Å²) in [4.78, 5) is 22.9. The first-order valence-electron chi connectivity index (χ1n) is 21.9.